The maximum absolute atomic E-state index is 3.24. The lowest BCUT2D eigenvalue weighted by molar-refractivity contribution is 0.160. The van der Waals surface area contributed by atoms with Gasteiger partial charge in [-0.3, -0.25) is 4.90 Å². The maximum Gasteiger partial charge on any atom is 0.0194 e. The van der Waals surface area contributed by atoms with Crippen LogP contribution in [-0.4, -0.2) is 63.2 Å². The monoisotopic (exact) mass is 215 g/mol. The molecular formula is C12H29N3. The van der Waals surface area contributed by atoms with Crippen molar-refractivity contribution in [2.24, 2.45) is 5.92 Å². The number of hydrogen-bond donors (Lipinski definition) is 1. The molecule has 0 spiro atoms. The van der Waals surface area contributed by atoms with Crippen LogP contribution in [0.25, 0.3) is 0 Å². The van der Waals surface area contributed by atoms with Crippen LogP contribution in [0.2, 0.25) is 0 Å². The van der Waals surface area contributed by atoms with Crippen molar-refractivity contribution in [2.75, 3.05) is 47.3 Å². The Hall–Kier alpha value is -0.120. The van der Waals surface area contributed by atoms with E-state index in [2.05, 4.69) is 50.0 Å². The van der Waals surface area contributed by atoms with Gasteiger partial charge in [0.1, 0.15) is 0 Å². The second-order valence-corrected chi connectivity index (χ2v) is 4.86. The lowest BCUT2D eigenvalue weighted by atomic mass is 10.1. The summed E-state index contributed by atoms with van der Waals surface area (Å²) in [6.45, 7) is 11.4. The smallest absolute Gasteiger partial charge is 0.0194 e. The van der Waals surface area contributed by atoms with E-state index in [-0.39, 0.29) is 0 Å². The van der Waals surface area contributed by atoms with Crippen LogP contribution in [0, 0.1) is 5.92 Å². The molecule has 2 atom stereocenters. The Balaban J connectivity index is 3.99. The standard InChI is InChI=1S/C12H29N3/c1-7-15(9-11(2)8-13-4)12(3)10-14(5)6/h11-13H,7-10H2,1-6H3. The van der Waals surface area contributed by atoms with Crippen molar-refractivity contribution in [2.45, 2.75) is 26.8 Å². The van der Waals surface area contributed by atoms with Crippen LogP contribution in [0.1, 0.15) is 20.8 Å². The fourth-order valence-electron chi connectivity index (χ4n) is 2.08. The zero-order valence-corrected chi connectivity index (χ0v) is 11.4. The molecule has 0 aromatic carbocycles. The lowest BCUT2D eigenvalue weighted by Crippen LogP contribution is -2.43. The third kappa shape index (κ3) is 6.88. The van der Waals surface area contributed by atoms with Crippen molar-refractivity contribution in [3.8, 4) is 0 Å². The average Bonchev–Trinajstić information content (AvgIpc) is 2.13. The number of nitrogens with one attached hydrogen (secondary N) is 1. The molecule has 0 aliphatic rings. The highest BCUT2D eigenvalue weighted by molar-refractivity contribution is 4.71. The predicted molar refractivity (Wildman–Crippen MR) is 68.4 cm³/mol. The molecule has 0 rings (SSSR count). The Morgan fingerprint density at radius 1 is 1.13 bits per heavy atom. The van der Waals surface area contributed by atoms with Crippen LogP contribution >= 0.6 is 0 Å². The topological polar surface area (TPSA) is 18.5 Å². The zero-order chi connectivity index (χ0) is 11.8. The zero-order valence-electron chi connectivity index (χ0n) is 11.4. The maximum atomic E-state index is 3.24. The molecule has 3 nitrogen and oxygen atoms in total. The first-order chi connectivity index (χ1) is 7.01. The van der Waals surface area contributed by atoms with Gasteiger partial charge in [-0.1, -0.05) is 13.8 Å². The number of rotatable bonds is 8. The average molecular weight is 215 g/mol. The summed E-state index contributed by atoms with van der Waals surface area (Å²) in [7, 11) is 6.30. The minimum atomic E-state index is 0.643. The summed E-state index contributed by atoms with van der Waals surface area (Å²) < 4.78 is 0. The highest BCUT2D eigenvalue weighted by atomic mass is 15.2. The molecule has 15 heavy (non-hydrogen) atoms. The number of nitrogens with zero attached hydrogens (tertiary/aromatic N) is 2. The quantitative estimate of drug-likeness (QED) is 0.654. The van der Waals surface area contributed by atoms with Gasteiger partial charge in [-0.25, -0.2) is 0 Å². The van der Waals surface area contributed by atoms with Gasteiger partial charge < -0.3 is 10.2 Å². The molecule has 0 heterocycles. The Kier molecular flexibility index (Phi) is 8.02. The second kappa shape index (κ2) is 8.08. The molecule has 2 unspecified atom stereocenters. The van der Waals surface area contributed by atoms with E-state index < -0.39 is 0 Å². The van der Waals surface area contributed by atoms with Gasteiger partial charge in [0, 0.05) is 19.1 Å². The van der Waals surface area contributed by atoms with Crippen molar-refractivity contribution in [1.29, 1.82) is 0 Å². The summed E-state index contributed by atoms with van der Waals surface area (Å²) in [5.74, 6) is 0.722. The Morgan fingerprint density at radius 3 is 2.13 bits per heavy atom. The van der Waals surface area contributed by atoms with Crippen molar-refractivity contribution in [3.63, 3.8) is 0 Å². The van der Waals surface area contributed by atoms with Gasteiger partial charge in [-0.2, -0.15) is 0 Å². The minimum Gasteiger partial charge on any atom is -0.319 e. The van der Waals surface area contributed by atoms with Crippen LogP contribution in [0.15, 0.2) is 0 Å². The number of hydrogen-bond acceptors (Lipinski definition) is 3. The van der Waals surface area contributed by atoms with Crippen LogP contribution < -0.4 is 5.32 Å². The van der Waals surface area contributed by atoms with E-state index in [4.69, 9.17) is 0 Å². The van der Waals surface area contributed by atoms with Gasteiger partial charge in [0.25, 0.3) is 0 Å². The molecule has 92 valence electrons. The second-order valence-electron chi connectivity index (χ2n) is 4.86. The highest BCUT2D eigenvalue weighted by Gasteiger charge is 2.15. The van der Waals surface area contributed by atoms with Crippen molar-refractivity contribution in [3.05, 3.63) is 0 Å². The number of likely N-dealkylation sites (N-methyl/N-ethyl adjacent to an activating group) is 2. The third-order valence-electron chi connectivity index (χ3n) is 2.76. The van der Waals surface area contributed by atoms with Crippen LogP contribution in [-0.2, 0) is 0 Å². The van der Waals surface area contributed by atoms with Gasteiger partial charge >= 0.3 is 0 Å². The molecular weight excluding hydrogens is 186 g/mol. The first-order valence-electron chi connectivity index (χ1n) is 6.04. The largest absolute Gasteiger partial charge is 0.319 e. The molecule has 0 amide bonds. The summed E-state index contributed by atoms with van der Waals surface area (Å²) in [5, 5.41) is 3.24. The SMILES string of the molecule is CCN(CC(C)CNC)C(C)CN(C)C. The van der Waals surface area contributed by atoms with E-state index >= 15 is 0 Å². The van der Waals surface area contributed by atoms with E-state index in [9.17, 15) is 0 Å². The van der Waals surface area contributed by atoms with Gasteiger partial charge in [-0.05, 0) is 47.1 Å². The Labute approximate surface area is 95.8 Å². The van der Waals surface area contributed by atoms with E-state index in [1.54, 1.807) is 0 Å². The van der Waals surface area contributed by atoms with Crippen molar-refractivity contribution < 1.29 is 0 Å². The van der Waals surface area contributed by atoms with Gasteiger partial charge in [0.2, 0.25) is 0 Å². The predicted octanol–water partition coefficient (Wildman–Crippen LogP) is 1.11. The van der Waals surface area contributed by atoms with E-state index in [0.717, 1.165) is 25.6 Å². The Bertz CT molecular complexity index is 148. The first kappa shape index (κ1) is 14.9. The van der Waals surface area contributed by atoms with E-state index in [1.165, 1.54) is 6.54 Å². The molecule has 0 radical (unpaired) electrons. The van der Waals surface area contributed by atoms with Gasteiger partial charge in [0.05, 0.1) is 0 Å². The normalized spacial score (nSPS) is 16.0. The summed E-state index contributed by atoms with van der Waals surface area (Å²) >= 11 is 0. The molecule has 0 aliphatic carbocycles. The Morgan fingerprint density at radius 2 is 1.73 bits per heavy atom. The van der Waals surface area contributed by atoms with Crippen molar-refractivity contribution in [1.82, 2.24) is 15.1 Å². The lowest BCUT2D eigenvalue weighted by Gasteiger charge is -2.32. The summed E-state index contributed by atoms with van der Waals surface area (Å²) in [6, 6.07) is 0.643. The first-order valence-corrected chi connectivity index (χ1v) is 6.04. The fraction of sp³-hybridized carbons (Fsp3) is 1.00. The summed E-state index contributed by atoms with van der Waals surface area (Å²) in [5.41, 5.74) is 0. The van der Waals surface area contributed by atoms with Crippen LogP contribution in [0.4, 0.5) is 0 Å². The third-order valence-corrected chi connectivity index (χ3v) is 2.76. The van der Waals surface area contributed by atoms with Crippen molar-refractivity contribution >= 4 is 0 Å². The summed E-state index contributed by atoms with van der Waals surface area (Å²) in [6.07, 6.45) is 0. The van der Waals surface area contributed by atoms with Crippen LogP contribution in [0.3, 0.4) is 0 Å². The molecule has 0 aromatic rings. The molecule has 0 aliphatic heterocycles. The van der Waals surface area contributed by atoms with Gasteiger partial charge in [0.15, 0.2) is 0 Å². The molecule has 0 bridgehead atoms. The van der Waals surface area contributed by atoms with E-state index in [1.807, 2.05) is 7.05 Å². The van der Waals surface area contributed by atoms with Gasteiger partial charge in [-0.15, -0.1) is 0 Å². The molecule has 0 fully saturated rings. The molecule has 0 aromatic heterocycles. The molecule has 3 heteroatoms. The van der Waals surface area contributed by atoms with E-state index in [0.29, 0.717) is 6.04 Å². The molecule has 0 saturated heterocycles. The molecule has 0 saturated carbocycles. The minimum absolute atomic E-state index is 0.643. The molecule has 1 N–H and O–H groups in total. The highest BCUT2D eigenvalue weighted by Crippen LogP contribution is 2.05. The fourth-order valence-corrected chi connectivity index (χ4v) is 2.08. The van der Waals surface area contributed by atoms with Crippen LogP contribution in [0.5, 0.6) is 0 Å². The summed E-state index contributed by atoms with van der Waals surface area (Å²) in [4.78, 5) is 4.82.